The summed E-state index contributed by atoms with van der Waals surface area (Å²) in [6, 6.07) is 6.13. The van der Waals surface area contributed by atoms with Crippen LogP contribution in [0.5, 0.6) is 5.75 Å². The van der Waals surface area contributed by atoms with Gasteiger partial charge in [0, 0.05) is 18.7 Å². The molecule has 39 heavy (non-hydrogen) atoms. The lowest BCUT2D eigenvalue weighted by molar-refractivity contribution is -0.138. The molecule has 3 aliphatic rings. The van der Waals surface area contributed by atoms with Crippen molar-refractivity contribution in [3.05, 3.63) is 47.5 Å². The Morgan fingerprint density at radius 3 is 2.59 bits per heavy atom. The first kappa shape index (κ1) is 27.3. The minimum absolute atomic E-state index is 0.121. The summed E-state index contributed by atoms with van der Waals surface area (Å²) >= 11 is 5.60. The van der Waals surface area contributed by atoms with Crippen LogP contribution < -0.4 is 14.5 Å². The summed E-state index contributed by atoms with van der Waals surface area (Å²) in [5.41, 5.74) is -2.17. The summed E-state index contributed by atoms with van der Waals surface area (Å²) in [5.74, 6) is -1.29. The number of thiocarbonyl (C=S) groups is 1. The van der Waals surface area contributed by atoms with E-state index in [0.717, 1.165) is 43.6 Å². The molecule has 2 unspecified atom stereocenters. The normalized spacial score (nSPS) is 22.1. The number of benzene rings is 1. The van der Waals surface area contributed by atoms with E-state index in [1.807, 2.05) is 0 Å². The van der Waals surface area contributed by atoms with E-state index in [2.05, 4.69) is 9.88 Å². The third kappa shape index (κ3) is 5.43. The summed E-state index contributed by atoms with van der Waals surface area (Å²) in [7, 11) is 0. The van der Waals surface area contributed by atoms with Crippen LogP contribution in [0.25, 0.3) is 0 Å². The van der Waals surface area contributed by atoms with Crippen molar-refractivity contribution in [1.82, 2.24) is 9.88 Å². The molecule has 0 spiro atoms. The second-order valence-corrected chi connectivity index (χ2v) is 10.4. The van der Waals surface area contributed by atoms with E-state index in [4.69, 9.17) is 22.2 Å². The number of ether oxygens (including phenoxy) is 1. The van der Waals surface area contributed by atoms with Gasteiger partial charge in [-0.15, -0.1) is 0 Å². The van der Waals surface area contributed by atoms with Gasteiger partial charge in [0.15, 0.2) is 16.6 Å². The van der Waals surface area contributed by atoms with Crippen LogP contribution in [0.4, 0.5) is 28.9 Å². The molecular formula is C27H27F4N5O2S. The first-order chi connectivity index (χ1) is 18.7. The van der Waals surface area contributed by atoms with Crippen LogP contribution in [0.1, 0.15) is 49.8 Å². The topological polar surface area (TPSA) is 72.7 Å². The molecule has 0 bridgehead atoms. The van der Waals surface area contributed by atoms with Crippen molar-refractivity contribution in [2.24, 2.45) is 5.92 Å². The Morgan fingerprint density at radius 2 is 1.90 bits per heavy atom. The molecule has 2 atom stereocenters. The molecule has 2 aromatic rings. The van der Waals surface area contributed by atoms with Crippen LogP contribution in [-0.2, 0) is 11.0 Å². The highest BCUT2D eigenvalue weighted by Gasteiger charge is 2.49. The quantitative estimate of drug-likeness (QED) is 0.351. The summed E-state index contributed by atoms with van der Waals surface area (Å²) in [6.45, 7) is 3.22. The Morgan fingerprint density at radius 1 is 1.13 bits per heavy atom. The lowest BCUT2D eigenvalue weighted by Crippen LogP contribution is -2.61. The first-order valence-corrected chi connectivity index (χ1v) is 13.4. The van der Waals surface area contributed by atoms with Crippen molar-refractivity contribution in [1.29, 1.82) is 5.26 Å². The molecule has 0 radical (unpaired) electrons. The van der Waals surface area contributed by atoms with Gasteiger partial charge in [0.1, 0.15) is 18.4 Å². The molecule has 3 fully saturated rings. The van der Waals surface area contributed by atoms with Gasteiger partial charge in [0.25, 0.3) is 0 Å². The second-order valence-electron chi connectivity index (χ2n) is 9.99. The molecule has 2 aliphatic heterocycles. The molecule has 2 saturated heterocycles. The average molecular weight is 562 g/mol. The Hall–Kier alpha value is -3.30. The van der Waals surface area contributed by atoms with Crippen molar-refractivity contribution in [3.63, 3.8) is 0 Å². The molecule has 1 saturated carbocycles. The molecule has 1 amide bonds. The standard InChI is InChI=1S/C27H27F4N5O2S/c28-21-14-18(38-12-11-34-9-2-1-3-10-34)7-8-24(21)36-23-6-4-5-19(23)25(37)35(26(36)39)17-13-20(27(29,30)31)22(15-32)33-16-17/h7-8,13-14,16,19,23H,1-6,9-12H2. The SMILES string of the molecule is N#Cc1ncc(N2C(=O)C3CCCC3N(c3ccc(OCCN4CCCCC4)cc3F)C2=S)cc1C(F)(F)F. The summed E-state index contributed by atoms with van der Waals surface area (Å²) < 4.78 is 62.1. The maximum absolute atomic E-state index is 15.5. The van der Waals surface area contributed by atoms with Gasteiger partial charge in [-0.05, 0) is 69.2 Å². The molecule has 3 heterocycles. The zero-order valence-corrected chi connectivity index (χ0v) is 21.9. The monoisotopic (exact) mass is 561 g/mol. The number of carbonyl (C=O) groups excluding carboxylic acids is 1. The van der Waals surface area contributed by atoms with Crippen molar-refractivity contribution in [2.75, 3.05) is 36.0 Å². The highest BCUT2D eigenvalue weighted by Crippen LogP contribution is 2.42. The minimum Gasteiger partial charge on any atom is -0.492 e. The number of aromatic nitrogens is 1. The smallest absolute Gasteiger partial charge is 0.419 e. The first-order valence-electron chi connectivity index (χ1n) is 13.0. The second kappa shape index (κ2) is 11.1. The number of amides is 1. The van der Waals surface area contributed by atoms with Crippen LogP contribution in [0.3, 0.4) is 0 Å². The fourth-order valence-electron chi connectivity index (χ4n) is 5.70. The molecular weight excluding hydrogens is 534 g/mol. The van der Waals surface area contributed by atoms with Crippen molar-refractivity contribution in [2.45, 2.75) is 50.7 Å². The van der Waals surface area contributed by atoms with Gasteiger partial charge in [0.2, 0.25) is 5.91 Å². The van der Waals surface area contributed by atoms with E-state index < -0.39 is 41.1 Å². The number of hydrogen-bond acceptors (Lipinski definition) is 6. The van der Waals surface area contributed by atoms with Crippen LogP contribution in [-0.4, -0.2) is 53.2 Å². The molecule has 1 aromatic carbocycles. The summed E-state index contributed by atoms with van der Waals surface area (Å²) in [6.07, 6.45) is 1.48. The predicted molar refractivity (Wildman–Crippen MR) is 140 cm³/mol. The van der Waals surface area contributed by atoms with Gasteiger partial charge < -0.3 is 9.64 Å². The molecule has 1 aromatic heterocycles. The number of pyridine rings is 1. The Balaban J connectivity index is 1.41. The lowest BCUT2D eigenvalue weighted by Gasteiger charge is -2.44. The number of hydrogen-bond donors (Lipinski definition) is 0. The van der Waals surface area contributed by atoms with Crippen LogP contribution in [0.2, 0.25) is 0 Å². The minimum atomic E-state index is -4.86. The highest BCUT2D eigenvalue weighted by molar-refractivity contribution is 7.81. The Kier molecular flexibility index (Phi) is 7.73. The van der Waals surface area contributed by atoms with Crippen molar-refractivity contribution >= 4 is 34.6 Å². The van der Waals surface area contributed by atoms with Crippen LogP contribution in [0, 0.1) is 23.1 Å². The van der Waals surface area contributed by atoms with E-state index in [0.29, 0.717) is 37.7 Å². The Bertz CT molecular complexity index is 1310. The number of carbonyl (C=O) groups is 1. The predicted octanol–water partition coefficient (Wildman–Crippen LogP) is 5.28. The molecule has 5 rings (SSSR count). The number of rotatable bonds is 6. The van der Waals surface area contributed by atoms with Crippen molar-refractivity contribution < 1.29 is 27.1 Å². The maximum Gasteiger partial charge on any atom is 0.419 e. The van der Waals surface area contributed by atoms with Crippen LogP contribution in [0.15, 0.2) is 30.5 Å². The fourth-order valence-corrected chi connectivity index (χ4v) is 6.13. The molecule has 1 aliphatic carbocycles. The molecule has 7 nitrogen and oxygen atoms in total. The molecule has 206 valence electrons. The van der Waals surface area contributed by atoms with E-state index in [1.165, 1.54) is 29.5 Å². The van der Waals surface area contributed by atoms with E-state index in [9.17, 15) is 18.0 Å². The number of likely N-dealkylation sites (tertiary alicyclic amines) is 1. The third-order valence-electron chi connectivity index (χ3n) is 7.59. The van der Waals surface area contributed by atoms with Gasteiger partial charge in [0.05, 0.1) is 29.1 Å². The van der Waals surface area contributed by atoms with Gasteiger partial charge >= 0.3 is 6.18 Å². The van der Waals surface area contributed by atoms with E-state index in [-0.39, 0.29) is 16.5 Å². The van der Waals surface area contributed by atoms with E-state index >= 15 is 4.39 Å². The molecule has 12 heteroatoms. The maximum atomic E-state index is 15.5. The molecule has 0 N–H and O–H groups in total. The van der Waals surface area contributed by atoms with Gasteiger partial charge in [-0.2, -0.15) is 18.4 Å². The fraction of sp³-hybridized carbons (Fsp3) is 0.481. The number of nitrogens with zero attached hydrogens (tertiary/aromatic N) is 5. The van der Waals surface area contributed by atoms with Crippen LogP contribution >= 0.6 is 12.2 Å². The average Bonchev–Trinajstić information content (AvgIpc) is 3.40. The van der Waals surface area contributed by atoms with E-state index in [1.54, 1.807) is 6.07 Å². The van der Waals surface area contributed by atoms with Crippen molar-refractivity contribution in [3.8, 4) is 11.8 Å². The number of halogens is 4. The van der Waals surface area contributed by atoms with Gasteiger partial charge in [-0.1, -0.05) is 12.8 Å². The highest BCUT2D eigenvalue weighted by atomic mass is 32.1. The number of fused-ring (bicyclic) bond motifs is 1. The number of nitriles is 1. The number of alkyl halides is 3. The largest absolute Gasteiger partial charge is 0.492 e. The third-order valence-corrected chi connectivity index (χ3v) is 7.97. The summed E-state index contributed by atoms with van der Waals surface area (Å²) in [5, 5.41) is 8.95. The van der Waals surface area contributed by atoms with Gasteiger partial charge in [-0.3, -0.25) is 14.6 Å². The zero-order valence-electron chi connectivity index (χ0n) is 21.1. The Labute approximate surface area is 228 Å². The summed E-state index contributed by atoms with van der Waals surface area (Å²) in [4.78, 5) is 21.9. The van der Waals surface area contributed by atoms with Gasteiger partial charge in [-0.25, -0.2) is 9.37 Å². The number of piperidine rings is 1. The zero-order chi connectivity index (χ0) is 27.7. The lowest BCUT2D eigenvalue weighted by atomic mass is 9.96. The number of anilines is 2.